The molecule has 0 heterocycles. The average molecular weight is 317 g/mol. The molecule has 0 aliphatic rings. The van der Waals surface area contributed by atoms with Crippen molar-refractivity contribution in [2.45, 2.75) is 65.1 Å². The molecule has 0 radical (unpaired) electrons. The van der Waals surface area contributed by atoms with Gasteiger partial charge in [-0.05, 0) is 40.8 Å². The summed E-state index contributed by atoms with van der Waals surface area (Å²) in [5.74, 6) is 0.839. The standard InChI is InChI=1S/C20H32OSi/c1-15(2)22(16(3)4,17(5)6)21-19(8)18(7)14-20-12-10-9-11-13-20/h9-17H,8H2,1-7H3/b18-14+. The molecule has 0 saturated heterocycles. The van der Waals surface area contributed by atoms with E-state index in [0.717, 1.165) is 11.3 Å². The third kappa shape index (κ3) is 4.13. The van der Waals surface area contributed by atoms with Gasteiger partial charge in [0.1, 0.15) is 0 Å². The van der Waals surface area contributed by atoms with Crippen molar-refractivity contribution in [1.29, 1.82) is 0 Å². The molecule has 0 aliphatic heterocycles. The van der Waals surface area contributed by atoms with Crippen LogP contribution in [0.3, 0.4) is 0 Å². The van der Waals surface area contributed by atoms with Crippen molar-refractivity contribution < 1.29 is 4.43 Å². The molecule has 0 saturated carbocycles. The van der Waals surface area contributed by atoms with Crippen molar-refractivity contribution in [3.8, 4) is 0 Å². The Morgan fingerprint density at radius 2 is 1.41 bits per heavy atom. The highest BCUT2D eigenvalue weighted by Crippen LogP contribution is 2.44. The minimum absolute atomic E-state index is 0.564. The van der Waals surface area contributed by atoms with Gasteiger partial charge in [-0.2, -0.15) is 0 Å². The van der Waals surface area contributed by atoms with E-state index in [9.17, 15) is 0 Å². The molecule has 0 spiro atoms. The van der Waals surface area contributed by atoms with E-state index < -0.39 is 8.32 Å². The van der Waals surface area contributed by atoms with Gasteiger partial charge in [0.2, 0.25) is 0 Å². The van der Waals surface area contributed by atoms with Crippen molar-refractivity contribution in [3.63, 3.8) is 0 Å². The lowest BCUT2D eigenvalue weighted by molar-refractivity contribution is 0.383. The van der Waals surface area contributed by atoms with Gasteiger partial charge in [-0.15, -0.1) is 0 Å². The van der Waals surface area contributed by atoms with Crippen LogP contribution in [0.1, 0.15) is 54.0 Å². The van der Waals surface area contributed by atoms with Crippen LogP contribution in [-0.4, -0.2) is 8.32 Å². The molecule has 0 aromatic heterocycles. The Balaban J connectivity index is 3.04. The van der Waals surface area contributed by atoms with E-state index in [1.54, 1.807) is 0 Å². The minimum atomic E-state index is -1.91. The molecule has 1 aromatic rings. The second-order valence-corrected chi connectivity index (χ2v) is 12.5. The van der Waals surface area contributed by atoms with Gasteiger partial charge in [0.25, 0.3) is 8.32 Å². The first kappa shape index (κ1) is 18.8. The fourth-order valence-corrected chi connectivity index (χ4v) is 8.82. The SMILES string of the molecule is C=C(O[Si](C(C)C)(C(C)C)C(C)C)/C(C)=C/c1ccccc1. The smallest absolute Gasteiger partial charge is 0.258 e. The molecule has 0 fully saturated rings. The van der Waals surface area contributed by atoms with Crippen molar-refractivity contribution in [2.24, 2.45) is 0 Å². The van der Waals surface area contributed by atoms with E-state index in [-0.39, 0.29) is 0 Å². The second-order valence-electron chi connectivity index (χ2n) is 7.08. The summed E-state index contributed by atoms with van der Waals surface area (Å²) >= 11 is 0. The molecule has 1 aromatic carbocycles. The highest BCUT2D eigenvalue weighted by atomic mass is 28.4. The molecule has 1 rings (SSSR count). The first-order valence-corrected chi connectivity index (χ1v) is 10.5. The maximum Gasteiger partial charge on any atom is 0.258 e. The van der Waals surface area contributed by atoms with Crippen LogP contribution >= 0.6 is 0 Å². The number of allylic oxidation sites excluding steroid dienone is 1. The zero-order valence-electron chi connectivity index (χ0n) is 15.3. The summed E-state index contributed by atoms with van der Waals surface area (Å²) in [5.41, 5.74) is 4.00. The summed E-state index contributed by atoms with van der Waals surface area (Å²) in [4.78, 5) is 0. The van der Waals surface area contributed by atoms with Gasteiger partial charge in [-0.1, -0.05) is 78.5 Å². The maximum atomic E-state index is 6.63. The molecule has 0 aliphatic carbocycles. The van der Waals surface area contributed by atoms with Gasteiger partial charge < -0.3 is 4.43 Å². The lowest BCUT2D eigenvalue weighted by Gasteiger charge is -2.42. The van der Waals surface area contributed by atoms with E-state index in [1.807, 2.05) is 6.07 Å². The summed E-state index contributed by atoms with van der Waals surface area (Å²) in [6, 6.07) is 10.4. The van der Waals surface area contributed by atoms with E-state index >= 15 is 0 Å². The van der Waals surface area contributed by atoms with Crippen LogP contribution < -0.4 is 0 Å². The zero-order chi connectivity index (χ0) is 16.9. The van der Waals surface area contributed by atoms with E-state index in [4.69, 9.17) is 4.43 Å². The Morgan fingerprint density at radius 3 is 1.82 bits per heavy atom. The van der Waals surface area contributed by atoms with Crippen LogP contribution in [0.15, 0.2) is 48.2 Å². The summed E-state index contributed by atoms with van der Waals surface area (Å²) in [6.45, 7) is 20.1. The molecule has 0 bridgehead atoms. The van der Waals surface area contributed by atoms with E-state index in [0.29, 0.717) is 16.6 Å². The van der Waals surface area contributed by atoms with Crippen molar-refractivity contribution in [3.05, 3.63) is 53.8 Å². The Hall–Kier alpha value is -1.28. The van der Waals surface area contributed by atoms with Crippen LogP contribution in [0.25, 0.3) is 6.08 Å². The van der Waals surface area contributed by atoms with Crippen molar-refractivity contribution >= 4 is 14.4 Å². The number of benzene rings is 1. The molecule has 22 heavy (non-hydrogen) atoms. The fraction of sp³-hybridized carbons (Fsp3) is 0.500. The first-order chi connectivity index (χ1) is 10.2. The predicted octanol–water partition coefficient (Wildman–Crippen LogP) is 6.80. The summed E-state index contributed by atoms with van der Waals surface area (Å²) in [7, 11) is -1.91. The van der Waals surface area contributed by atoms with Crippen molar-refractivity contribution in [1.82, 2.24) is 0 Å². The van der Waals surface area contributed by atoms with Gasteiger partial charge in [0.05, 0.1) is 5.76 Å². The highest BCUT2D eigenvalue weighted by Gasteiger charge is 2.47. The molecule has 1 nitrogen and oxygen atoms in total. The molecule has 0 amide bonds. The lowest BCUT2D eigenvalue weighted by atomic mass is 10.1. The third-order valence-electron chi connectivity index (χ3n) is 4.63. The Kier molecular flexibility index (Phi) is 6.67. The Morgan fingerprint density at radius 1 is 0.955 bits per heavy atom. The Labute approximate surface area is 138 Å². The lowest BCUT2D eigenvalue weighted by Crippen LogP contribution is -2.47. The molecule has 0 atom stereocenters. The molecule has 0 unspecified atom stereocenters. The largest absolute Gasteiger partial charge is 0.543 e. The van der Waals surface area contributed by atoms with Crippen LogP contribution in [-0.2, 0) is 4.43 Å². The molecular formula is C20H32OSi. The normalized spacial score (nSPS) is 13.1. The molecule has 2 heteroatoms. The monoisotopic (exact) mass is 316 g/mol. The van der Waals surface area contributed by atoms with Gasteiger partial charge in [0, 0.05) is 0 Å². The fourth-order valence-electron chi connectivity index (χ4n) is 3.53. The summed E-state index contributed by atoms with van der Waals surface area (Å²) < 4.78 is 6.63. The molecule has 0 N–H and O–H groups in total. The van der Waals surface area contributed by atoms with Gasteiger partial charge in [-0.25, -0.2) is 0 Å². The predicted molar refractivity (Wildman–Crippen MR) is 101 cm³/mol. The quantitative estimate of drug-likeness (QED) is 0.305. The summed E-state index contributed by atoms with van der Waals surface area (Å²) in [5, 5.41) is 0. The highest BCUT2D eigenvalue weighted by molar-refractivity contribution is 6.77. The van der Waals surface area contributed by atoms with Crippen molar-refractivity contribution in [2.75, 3.05) is 0 Å². The van der Waals surface area contributed by atoms with E-state index in [1.165, 1.54) is 5.56 Å². The molecule has 122 valence electrons. The summed E-state index contributed by atoms with van der Waals surface area (Å²) in [6.07, 6.45) is 2.16. The third-order valence-corrected chi connectivity index (χ3v) is 10.6. The average Bonchev–Trinajstić information content (AvgIpc) is 2.44. The zero-order valence-corrected chi connectivity index (χ0v) is 16.3. The minimum Gasteiger partial charge on any atom is -0.543 e. The van der Waals surface area contributed by atoms with Crippen LogP contribution in [0.5, 0.6) is 0 Å². The van der Waals surface area contributed by atoms with E-state index in [2.05, 4.69) is 85.4 Å². The number of rotatable bonds is 7. The Bertz CT molecular complexity index is 490. The number of hydrogen-bond acceptors (Lipinski definition) is 1. The van der Waals surface area contributed by atoms with Gasteiger partial charge >= 0.3 is 0 Å². The van der Waals surface area contributed by atoms with Crippen LogP contribution in [0, 0.1) is 0 Å². The molecular weight excluding hydrogens is 284 g/mol. The van der Waals surface area contributed by atoms with Crippen LogP contribution in [0.2, 0.25) is 16.6 Å². The van der Waals surface area contributed by atoms with Gasteiger partial charge in [0.15, 0.2) is 0 Å². The second kappa shape index (κ2) is 7.82. The first-order valence-electron chi connectivity index (χ1n) is 8.33. The van der Waals surface area contributed by atoms with Gasteiger partial charge in [-0.3, -0.25) is 0 Å². The van der Waals surface area contributed by atoms with Crippen LogP contribution in [0.4, 0.5) is 0 Å². The topological polar surface area (TPSA) is 9.23 Å². The maximum absolute atomic E-state index is 6.63. The number of hydrogen-bond donors (Lipinski definition) is 0.